The van der Waals surface area contributed by atoms with Crippen molar-refractivity contribution < 1.29 is 0 Å². The van der Waals surface area contributed by atoms with E-state index in [0.29, 0.717) is 0 Å². The summed E-state index contributed by atoms with van der Waals surface area (Å²) >= 11 is 3.83. The first-order valence-electron chi connectivity index (χ1n) is 4.17. The second-order valence-corrected chi connectivity index (χ2v) is 2.85. The number of hydrogen-bond acceptors (Lipinski definition) is 2. The van der Waals surface area contributed by atoms with Crippen molar-refractivity contribution in [1.29, 1.82) is 0 Å². The fourth-order valence-corrected chi connectivity index (χ4v) is 1.56. The second-order valence-electron chi connectivity index (χ2n) is 2.85. The number of thiocarbonyl (C=S) groups is 1. The molecule has 0 atom stereocenters. The van der Waals surface area contributed by atoms with Gasteiger partial charge >= 0.3 is 0 Å². The van der Waals surface area contributed by atoms with Crippen LogP contribution in [-0.4, -0.2) is 10.9 Å². The summed E-state index contributed by atoms with van der Waals surface area (Å²) < 4.78 is 0. The highest BCUT2D eigenvalue weighted by Gasteiger charge is 2.06. The van der Waals surface area contributed by atoms with Crippen LogP contribution in [0.3, 0.4) is 0 Å². The van der Waals surface area contributed by atoms with E-state index in [1.807, 2.05) is 12.4 Å². The lowest BCUT2D eigenvalue weighted by molar-refractivity contribution is 0.682. The molecule has 0 saturated carbocycles. The summed E-state index contributed by atoms with van der Waals surface area (Å²) in [5.41, 5.74) is 2.98. The topological polar surface area (TPSA) is 12.9 Å². The number of nitrogens with zero attached hydrogens (tertiary/aromatic N) is 1. The van der Waals surface area contributed by atoms with Gasteiger partial charge in [0.25, 0.3) is 0 Å². The Hall–Kier alpha value is -0.760. The van der Waals surface area contributed by atoms with Gasteiger partial charge in [-0.05, 0) is 48.7 Å². The van der Waals surface area contributed by atoms with E-state index in [1.54, 1.807) is 0 Å². The van der Waals surface area contributed by atoms with E-state index in [0.717, 1.165) is 0 Å². The molecule has 0 spiro atoms. The average Bonchev–Trinajstić information content (AvgIpc) is 2.21. The van der Waals surface area contributed by atoms with Gasteiger partial charge in [-0.15, -0.1) is 0 Å². The molecule has 0 amide bonds. The number of pyridine rings is 1. The van der Waals surface area contributed by atoms with Crippen molar-refractivity contribution in [2.24, 2.45) is 0 Å². The normalized spacial score (nSPS) is 14.0. The van der Waals surface area contributed by atoms with Crippen molar-refractivity contribution in [3.05, 3.63) is 29.6 Å². The van der Waals surface area contributed by atoms with Gasteiger partial charge in [-0.1, -0.05) is 12.2 Å². The second kappa shape index (κ2) is 4.99. The van der Waals surface area contributed by atoms with Gasteiger partial charge in [-0.3, -0.25) is 4.98 Å². The molecule has 1 nitrogen and oxygen atoms in total. The Morgan fingerprint density at radius 2 is 1.83 bits per heavy atom. The summed E-state index contributed by atoms with van der Waals surface area (Å²) in [6.45, 7) is 0. The van der Waals surface area contributed by atoms with E-state index in [-0.39, 0.29) is 0 Å². The van der Waals surface area contributed by atoms with Crippen LogP contribution >= 0.6 is 12.2 Å². The summed E-state index contributed by atoms with van der Waals surface area (Å²) in [7, 11) is 0. The van der Waals surface area contributed by atoms with Crippen LogP contribution in [0.5, 0.6) is 0 Å². The molecule has 1 aliphatic carbocycles. The SMILES string of the molecule is C=S.c1cc2c(cn1)CCCC2. The fourth-order valence-electron chi connectivity index (χ4n) is 1.56. The number of fused-ring (bicyclic) bond motifs is 1. The Balaban J connectivity index is 0.000000336. The molecule has 12 heavy (non-hydrogen) atoms. The first-order valence-corrected chi connectivity index (χ1v) is 4.75. The van der Waals surface area contributed by atoms with Crippen molar-refractivity contribution in [2.45, 2.75) is 25.7 Å². The van der Waals surface area contributed by atoms with Gasteiger partial charge in [0.2, 0.25) is 0 Å². The third-order valence-corrected chi connectivity index (χ3v) is 2.15. The molecule has 0 aromatic carbocycles. The predicted molar refractivity (Wildman–Crippen MR) is 55.6 cm³/mol. The highest BCUT2D eigenvalue weighted by Crippen LogP contribution is 2.18. The molecule has 2 heteroatoms. The molecule has 0 N–H and O–H groups in total. The Labute approximate surface area is 78.8 Å². The molecule has 64 valence electrons. The van der Waals surface area contributed by atoms with Crippen LogP contribution in [0.1, 0.15) is 24.0 Å². The highest BCUT2D eigenvalue weighted by atomic mass is 32.1. The molecule has 0 saturated heterocycles. The third-order valence-electron chi connectivity index (χ3n) is 2.15. The molecular formula is C10H13NS. The van der Waals surface area contributed by atoms with Gasteiger partial charge in [0.15, 0.2) is 0 Å². The maximum Gasteiger partial charge on any atom is 0.0302 e. The average molecular weight is 179 g/mol. The highest BCUT2D eigenvalue weighted by molar-refractivity contribution is 7.77. The van der Waals surface area contributed by atoms with Crippen LogP contribution in [0, 0.1) is 0 Å². The lowest BCUT2D eigenvalue weighted by Crippen LogP contribution is -2.01. The minimum atomic E-state index is 1.24. The van der Waals surface area contributed by atoms with Gasteiger partial charge in [0, 0.05) is 12.4 Å². The standard InChI is InChI=1S/C9H11N.CH2S/c1-2-4-9-7-10-6-5-8(9)3-1;1-2/h5-7H,1-4H2;1H2. The van der Waals surface area contributed by atoms with Gasteiger partial charge in [-0.25, -0.2) is 0 Å². The maximum atomic E-state index is 4.10. The van der Waals surface area contributed by atoms with Crippen LogP contribution in [0.15, 0.2) is 18.5 Å². The summed E-state index contributed by atoms with van der Waals surface area (Å²) in [5, 5.41) is 0. The van der Waals surface area contributed by atoms with E-state index < -0.39 is 0 Å². The molecule has 1 aromatic rings. The molecule has 1 heterocycles. The summed E-state index contributed by atoms with van der Waals surface area (Å²) in [6, 6.07) is 2.15. The number of hydrogen-bond donors (Lipinski definition) is 0. The summed E-state index contributed by atoms with van der Waals surface area (Å²) in [6.07, 6.45) is 9.11. The van der Waals surface area contributed by atoms with Gasteiger partial charge < -0.3 is 0 Å². The van der Waals surface area contributed by atoms with Crippen LogP contribution in [0.4, 0.5) is 0 Å². The van der Waals surface area contributed by atoms with E-state index >= 15 is 0 Å². The van der Waals surface area contributed by atoms with Crippen LogP contribution in [-0.2, 0) is 12.8 Å². The zero-order chi connectivity index (χ0) is 8.81. The Kier molecular flexibility index (Phi) is 3.88. The molecule has 0 bridgehead atoms. The zero-order valence-electron chi connectivity index (χ0n) is 7.12. The van der Waals surface area contributed by atoms with Gasteiger partial charge in [0.05, 0.1) is 0 Å². The van der Waals surface area contributed by atoms with Gasteiger partial charge in [-0.2, -0.15) is 0 Å². The van der Waals surface area contributed by atoms with Crippen molar-refractivity contribution in [3.8, 4) is 0 Å². The lowest BCUT2D eigenvalue weighted by Gasteiger charge is -2.13. The largest absolute Gasteiger partial charge is 0.264 e. The minimum Gasteiger partial charge on any atom is -0.264 e. The minimum absolute atomic E-state index is 1.24. The van der Waals surface area contributed by atoms with Crippen molar-refractivity contribution in [3.63, 3.8) is 0 Å². The number of rotatable bonds is 0. The fraction of sp³-hybridized carbons (Fsp3) is 0.400. The number of aryl methyl sites for hydroxylation is 2. The Morgan fingerprint density at radius 3 is 2.50 bits per heavy atom. The number of aromatic nitrogens is 1. The first kappa shape index (κ1) is 9.33. The smallest absolute Gasteiger partial charge is 0.0302 e. The lowest BCUT2D eigenvalue weighted by atomic mass is 9.94. The summed E-state index contributed by atoms with van der Waals surface area (Å²) in [5.74, 6) is 2.83. The van der Waals surface area contributed by atoms with Crippen LogP contribution in [0.2, 0.25) is 0 Å². The predicted octanol–water partition coefficient (Wildman–Crippen LogP) is 2.58. The molecule has 0 fully saturated rings. The van der Waals surface area contributed by atoms with Crippen molar-refractivity contribution in [1.82, 2.24) is 4.98 Å². The Bertz CT molecular complexity index is 222. The van der Waals surface area contributed by atoms with Crippen molar-refractivity contribution in [2.75, 3.05) is 0 Å². The molecule has 0 radical (unpaired) electrons. The van der Waals surface area contributed by atoms with E-state index in [2.05, 4.69) is 29.1 Å². The Morgan fingerprint density at radius 1 is 1.17 bits per heavy atom. The monoisotopic (exact) mass is 179 g/mol. The van der Waals surface area contributed by atoms with Gasteiger partial charge in [0.1, 0.15) is 0 Å². The van der Waals surface area contributed by atoms with E-state index in [1.165, 1.54) is 36.8 Å². The molecule has 0 unspecified atom stereocenters. The van der Waals surface area contributed by atoms with E-state index in [9.17, 15) is 0 Å². The maximum absolute atomic E-state index is 4.10. The molecule has 1 aromatic heterocycles. The van der Waals surface area contributed by atoms with Crippen LogP contribution in [0.25, 0.3) is 0 Å². The molecule has 2 rings (SSSR count). The summed E-state index contributed by atoms with van der Waals surface area (Å²) in [4.78, 5) is 4.10. The third kappa shape index (κ3) is 2.11. The zero-order valence-corrected chi connectivity index (χ0v) is 7.94. The molecule has 0 aliphatic heterocycles. The van der Waals surface area contributed by atoms with Crippen molar-refractivity contribution >= 4 is 18.1 Å². The molecular weight excluding hydrogens is 166 g/mol. The quantitative estimate of drug-likeness (QED) is 0.568. The first-order chi connectivity index (χ1) is 5.97. The van der Waals surface area contributed by atoms with E-state index in [4.69, 9.17) is 0 Å². The van der Waals surface area contributed by atoms with Crippen LogP contribution < -0.4 is 0 Å². The molecule has 1 aliphatic rings.